The summed E-state index contributed by atoms with van der Waals surface area (Å²) in [5.41, 5.74) is 3.39. The van der Waals surface area contributed by atoms with Gasteiger partial charge in [0.15, 0.2) is 15.8 Å². The van der Waals surface area contributed by atoms with Crippen LogP contribution in [0.5, 0.6) is 0 Å². The number of halogens is 1. The second-order valence-electron chi connectivity index (χ2n) is 6.92. The first-order valence-electron chi connectivity index (χ1n) is 9.42. The lowest BCUT2D eigenvalue weighted by Gasteiger charge is -2.17. The summed E-state index contributed by atoms with van der Waals surface area (Å²) < 4.78 is 29.1. The van der Waals surface area contributed by atoms with Gasteiger partial charge in [0.25, 0.3) is 0 Å². The number of nitrogens with zero attached hydrogens (tertiary/aromatic N) is 1. The van der Waals surface area contributed by atoms with Gasteiger partial charge in [0, 0.05) is 19.6 Å². The molecular formula is C21H28IN3O3S. The Labute approximate surface area is 190 Å². The molecule has 6 nitrogen and oxygen atoms in total. The molecule has 1 heterocycles. The van der Waals surface area contributed by atoms with Crippen molar-refractivity contribution in [2.75, 3.05) is 18.6 Å². The highest BCUT2D eigenvalue weighted by Gasteiger charge is 2.28. The number of guanidine groups is 1. The molecule has 0 amide bonds. The van der Waals surface area contributed by atoms with Gasteiger partial charge in [0.2, 0.25) is 0 Å². The highest BCUT2D eigenvalue weighted by atomic mass is 127. The zero-order valence-electron chi connectivity index (χ0n) is 16.5. The average Bonchev–Trinajstić information content (AvgIpc) is 3.05. The third kappa shape index (κ3) is 7.60. The lowest BCUT2D eigenvalue weighted by molar-refractivity contribution is 0.106. The summed E-state index contributed by atoms with van der Waals surface area (Å²) in [6, 6.07) is 18.1. The number of rotatable bonds is 7. The SMILES string of the molecule is CN=C(NCc1ccccc1COCc1ccccc1)NC1CCS(=O)(=O)C1.I. The van der Waals surface area contributed by atoms with Crippen LogP contribution in [0.4, 0.5) is 0 Å². The van der Waals surface area contributed by atoms with Crippen molar-refractivity contribution in [1.82, 2.24) is 10.6 Å². The molecule has 8 heteroatoms. The third-order valence-electron chi connectivity index (χ3n) is 4.73. The van der Waals surface area contributed by atoms with Crippen LogP contribution in [0.15, 0.2) is 59.6 Å². The van der Waals surface area contributed by atoms with Crippen LogP contribution in [0, 0.1) is 0 Å². The van der Waals surface area contributed by atoms with E-state index in [9.17, 15) is 8.42 Å². The summed E-state index contributed by atoms with van der Waals surface area (Å²) >= 11 is 0. The Morgan fingerprint density at radius 1 is 1.07 bits per heavy atom. The van der Waals surface area contributed by atoms with Crippen LogP contribution in [0.25, 0.3) is 0 Å². The van der Waals surface area contributed by atoms with Crippen LogP contribution in [0.1, 0.15) is 23.1 Å². The third-order valence-corrected chi connectivity index (χ3v) is 6.50. The second kappa shape index (κ2) is 11.5. The van der Waals surface area contributed by atoms with Crippen LogP contribution in [-0.2, 0) is 34.3 Å². The lowest BCUT2D eigenvalue weighted by atomic mass is 10.1. The molecule has 1 unspecified atom stereocenters. The van der Waals surface area contributed by atoms with E-state index in [-0.39, 0.29) is 41.5 Å². The summed E-state index contributed by atoms with van der Waals surface area (Å²) in [7, 11) is -1.23. The number of hydrogen-bond donors (Lipinski definition) is 2. The number of benzene rings is 2. The molecule has 0 aromatic heterocycles. The normalized spacial score (nSPS) is 18.1. The molecule has 2 aromatic carbocycles. The Hall–Kier alpha value is -1.65. The zero-order valence-corrected chi connectivity index (χ0v) is 19.7. The van der Waals surface area contributed by atoms with E-state index in [1.807, 2.05) is 42.5 Å². The van der Waals surface area contributed by atoms with Gasteiger partial charge in [-0.15, -0.1) is 24.0 Å². The molecule has 1 atom stereocenters. The summed E-state index contributed by atoms with van der Waals surface area (Å²) in [6.45, 7) is 1.69. The minimum atomic E-state index is -2.92. The van der Waals surface area contributed by atoms with Crippen LogP contribution in [-0.4, -0.2) is 39.0 Å². The molecule has 0 radical (unpaired) electrons. The van der Waals surface area contributed by atoms with Crippen LogP contribution < -0.4 is 10.6 Å². The quantitative estimate of drug-likeness (QED) is 0.328. The molecule has 1 saturated heterocycles. The molecule has 1 aliphatic heterocycles. The second-order valence-corrected chi connectivity index (χ2v) is 9.15. The number of nitrogens with one attached hydrogen (secondary N) is 2. The molecule has 0 aliphatic carbocycles. The summed E-state index contributed by atoms with van der Waals surface area (Å²) in [5, 5.41) is 6.48. The van der Waals surface area contributed by atoms with Crippen molar-refractivity contribution in [3.8, 4) is 0 Å². The van der Waals surface area contributed by atoms with Gasteiger partial charge in [-0.1, -0.05) is 54.6 Å². The highest BCUT2D eigenvalue weighted by molar-refractivity contribution is 14.0. The minimum Gasteiger partial charge on any atom is -0.372 e. The first-order chi connectivity index (χ1) is 13.6. The van der Waals surface area contributed by atoms with Gasteiger partial charge in [-0.3, -0.25) is 4.99 Å². The van der Waals surface area contributed by atoms with Gasteiger partial charge in [0.1, 0.15) is 0 Å². The van der Waals surface area contributed by atoms with Crippen molar-refractivity contribution in [1.29, 1.82) is 0 Å². The van der Waals surface area contributed by atoms with Crippen molar-refractivity contribution >= 4 is 39.8 Å². The van der Waals surface area contributed by atoms with E-state index in [1.54, 1.807) is 7.05 Å². The first kappa shape index (κ1) is 23.6. The Bertz CT molecular complexity index is 904. The molecule has 0 bridgehead atoms. The molecule has 158 valence electrons. The maximum absolute atomic E-state index is 11.6. The summed E-state index contributed by atoms with van der Waals surface area (Å²) in [5.74, 6) is 1.02. The largest absolute Gasteiger partial charge is 0.372 e. The van der Waals surface area contributed by atoms with Gasteiger partial charge in [0.05, 0.1) is 24.7 Å². The Balaban J connectivity index is 0.00000300. The molecule has 0 saturated carbocycles. The molecule has 1 aliphatic rings. The van der Waals surface area contributed by atoms with E-state index in [0.717, 1.165) is 16.7 Å². The van der Waals surface area contributed by atoms with Crippen molar-refractivity contribution in [2.24, 2.45) is 4.99 Å². The first-order valence-corrected chi connectivity index (χ1v) is 11.2. The smallest absolute Gasteiger partial charge is 0.191 e. The van der Waals surface area contributed by atoms with Gasteiger partial charge in [-0.25, -0.2) is 8.42 Å². The van der Waals surface area contributed by atoms with Gasteiger partial charge < -0.3 is 15.4 Å². The van der Waals surface area contributed by atoms with E-state index < -0.39 is 9.84 Å². The molecular weight excluding hydrogens is 501 g/mol. The lowest BCUT2D eigenvalue weighted by Crippen LogP contribution is -2.43. The Morgan fingerprint density at radius 3 is 2.41 bits per heavy atom. The van der Waals surface area contributed by atoms with Crippen molar-refractivity contribution in [3.63, 3.8) is 0 Å². The monoisotopic (exact) mass is 529 g/mol. The van der Waals surface area contributed by atoms with Crippen LogP contribution in [0.3, 0.4) is 0 Å². The zero-order chi connectivity index (χ0) is 19.8. The molecule has 29 heavy (non-hydrogen) atoms. The fraction of sp³-hybridized carbons (Fsp3) is 0.381. The van der Waals surface area contributed by atoms with Crippen molar-refractivity contribution in [3.05, 3.63) is 71.3 Å². The van der Waals surface area contributed by atoms with Gasteiger partial charge >= 0.3 is 0 Å². The fourth-order valence-corrected chi connectivity index (χ4v) is 4.87. The molecule has 2 N–H and O–H groups in total. The van der Waals surface area contributed by atoms with E-state index in [4.69, 9.17) is 4.74 Å². The molecule has 0 spiro atoms. The number of aliphatic imine (C=N–C) groups is 1. The molecule has 3 rings (SSSR count). The van der Waals surface area contributed by atoms with E-state index >= 15 is 0 Å². The van der Waals surface area contributed by atoms with E-state index in [2.05, 4.69) is 27.8 Å². The minimum absolute atomic E-state index is 0. The Morgan fingerprint density at radius 2 is 1.76 bits per heavy atom. The van der Waals surface area contributed by atoms with E-state index in [0.29, 0.717) is 32.1 Å². The summed E-state index contributed by atoms with van der Waals surface area (Å²) in [6.07, 6.45) is 0.618. The maximum atomic E-state index is 11.6. The van der Waals surface area contributed by atoms with Gasteiger partial charge in [-0.2, -0.15) is 0 Å². The number of ether oxygens (including phenoxy) is 1. The Kier molecular flexibility index (Phi) is 9.38. The van der Waals surface area contributed by atoms with Crippen LogP contribution >= 0.6 is 24.0 Å². The van der Waals surface area contributed by atoms with Crippen molar-refractivity contribution in [2.45, 2.75) is 32.2 Å². The average molecular weight is 529 g/mol. The van der Waals surface area contributed by atoms with Crippen LogP contribution in [0.2, 0.25) is 0 Å². The van der Waals surface area contributed by atoms with E-state index in [1.165, 1.54) is 0 Å². The highest BCUT2D eigenvalue weighted by Crippen LogP contribution is 2.13. The predicted molar refractivity (Wildman–Crippen MR) is 127 cm³/mol. The topological polar surface area (TPSA) is 79.8 Å². The maximum Gasteiger partial charge on any atom is 0.191 e. The predicted octanol–water partition coefficient (Wildman–Crippen LogP) is 2.87. The fourth-order valence-electron chi connectivity index (χ4n) is 3.20. The summed E-state index contributed by atoms with van der Waals surface area (Å²) in [4.78, 5) is 4.21. The standard InChI is InChI=1S/C21H27N3O3S.HI/c1-22-21(24-20-11-12-28(25,26)16-20)23-13-18-9-5-6-10-19(18)15-27-14-17-7-3-2-4-8-17;/h2-10,20H,11-16H2,1H3,(H2,22,23,24);1H. The molecule has 1 fully saturated rings. The van der Waals surface area contributed by atoms with Crippen molar-refractivity contribution < 1.29 is 13.2 Å². The molecule has 2 aromatic rings. The number of sulfone groups is 1. The van der Waals surface area contributed by atoms with Gasteiger partial charge in [-0.05, 0) is 23.1 Å². The number of hydrogen-bond acceptors (Lipinski definition) is 4.